The van der Waals surface area contributed by atoms with Crippen molar-refractivity contribution in [2.75, 3.05) is 13.2 Å². The van der Waals surface area contributed by atoms with Crippen LogP contribution in [0.1, 0.15) is 84.0 Å². The van der Waals surface area contributed by atoms with E-state index in [1.807, 2.05) is 0 Å². The summed E-state index contributed by atoms with van der Waals surface area (Å²) < 4.78 is 10.8. The average Bonchev–Trinajstić information content (AvgIpc) is 2.72. The van der Waals surface area contributed by atoms with Gasteiger partial charge in [-0.15, -0.1) is 0 Å². The zero-order valence-electron chi connectivity index (χ0n) is 23.4. The monoisotopic (exact) mass is 516 g/mol. The van der Waals surface area contributed by atoms with Crippen LogP contribution in [-0.2, 0) is 13.6 Å². The summed E-state index contributed by atoms with van der Waals surface area (Å²) in [5, 5.41) is 17.7. The Hall–Kier alpha value is -0.736. The summed E-state index contributed by atoms with van der Waals surface area (Å²) >= 11 is 0. The number of rotatable bonds is 19. The van der Waals surface area contributed by atoms with Crippen molar-refractivity contribution in [1.29, 1.82) is 0 Å². The molecular weight excluding hydrogens is 460 g/mol. The topological polar surface area (TPSA) is 76.0 Å². The van der Waals surface area contributed by atoms with Gasteiger partial charge in [-0.1, -0.05) is 63.3 Å². The number of allylic oxidation sites excluding steroid dienone is 4. The standard InChI is InChI=1S/C21H38O4.C6H18OSi2/c1-2-3-4-5-6-7-8-9-10-11-12-13-14-15-16-17-21(24)25-20(18-22)19-23;1-8(2,3)7-9(4,5)6/h6-7,9-10,20,22-23H,2-5,8,11-19H2,1H3;1-6H3/b7-6-,10-9-;. The fourth-order valence-corrected chi connectivity index (χ4v) is 10.7. The number of unbranched alkanes of at least 4 members (excludes halogenated alkanes) is 8. The Morgan fingerprint density at radius 3 is 1.65 bits per heavy atom. The molecule has 0 rings (SSSR count). The number of aliphatic hydroxyl groups excluding tert-OH is 2. The number of hydrogen-bond donors (Lipinski definition) is 2. The number of esters is 1. The average molecular weight is 517 g/mol. The van der Waals surface area contributed by atoms with Crippen LogP contribution in [0.5, 0.6) is 0 Å². The first-order valence-electron chi connectivity index (χ1n) is 13.4. The molecule has 7 heteroatoms. The summed E-state index contributed by atoms with van der Waals surface area (Å²) in [5.41, 5.74) is 0. The molecule has 0 amide bonds. The molecule has 0 spiro atoms. The summed E-state index contributed by atoms with van der Waals surface area (Å²) in [4.78, 5) is 11.4. The molecule has 0 heterocycles. The normalized spacial score (nSPS) is 12.4. The highest BCUT2D eigenvalue weighted by atomic mass is 28.4. The Morgan fingerprint density at radius 2 is 1.21 bits per heavy atom. The maximum atomic E-state index is 11.4. The van der Waals surface area contributed by atoms with E-state index in [0.717, 1.165) is 32.1 Å². The molecule has 0 radical (unpaired) electrons. The maximum Gasteiger partial charge on any atom is 0.306 e. The molecule has 0 aromatic heterocycles. The molecule has 0 aliphatic carbocycles. The van der Waals surface area contributed by atoms with Gasteiger partial charge < -0.3 is 19.1 Å². The van der Waals surface area contributed by atoms with Gasteiger partial charge >= 0.3 is 5.97 Å². The Balaban J connectivity index is 0. The van der Waals surface area contributed by atoms with Crippen LogP contribution in [0.4, 0.5) is 0 Å². The summed E-state index contributed by atoms with van der Waals surface area (Å²) in [5.74, 6) is -0.334. The largest absolute Gasteiger partial charge is 0.457 e. The molecule has 5 nitrogen and oxygen atoms in total. The van der Waals surface area contributed by atoms with Crippen LogP contribution in [0.15, 0.2) is 24.3 Å². The molecule has 0 saturated heterocycles. The fourth-order valence-electron chi connectivity index (χ4n) is 3.38. The highest BCUT2D eigenvalue weighted by molar-refractivity contribution is 6.83. The predicted octanol–water partition coefficient (Wildman–Crippen LogP) is 7.37. The van der Waals surface area contributed by atoms with E-state index in [2.05, 4.69) is 70.5 Å². The minimum absolute atomic E-state index is 0.329. The minimum Gasteiger partial charge on any atom is -0.457 e. The lowest BCUT2D eigenvalue weighted by atomic mass is 10.1. The lowest BCUT2D eigenvalue weighted by Gasteiger charge is -2.27. The van der Waals surface area contributed by atoms with E-state index in [0.29, 0.717) is 6.42 Å². The fraction of sp³-hybridized carbons (Fsp3) is 0.815. The molecule has 0 saturated carbocycles. The van der Waals surface area contributed by atoms with Crippen molar-refractivity contribution in [2.24, 2.45) is 0 Å². The van der Waals surface area contributed by atoms with Crippen LogP contribution in [0.3, 0.4) is 0 Å². The second kappa shape index (κ2) is 22.7. The van der Waals surface area contributed by atoms with E-state index in [4.69, 9.17) is 19.1 Å². The quantitative estimate of drug-likeness (QED) is 0.0811. The van der Waals surface area contributed by atoms with Crippen molar-refractivity contribution < 1.29 is 23.9 Å². The smallest absolute Gasteiger partial charge is 0.306 e. The lowest BCUT2D eigenvalue weighted by molar-refractivity contribution is -0.153. The minimum atomic E-state index is -1.23. The highest BCUT2D eigenvalue weighted by Crippen LogP contribution is 2.12. The third-order valence-electron chi connectivity index (χ3n) is 4.65. The van der Waals surface area contributed by atoms with E-state index in [9.17, 15) is 4.79 Å². The summed E-state index contributed by atoms with van der Waals surface area (Å²) in [7, 11) is -2.46. The summed E-state index contributed by atoms with van der Waals surface area (Å²) in [6, 6.07) is 0. The van der Waals surface area contributed by atoms with E-state index in [1.54, 1.807) is 0 Å². The lowest BCUT2D eigenvalue weighted by Crippen LogP contribution is -2.39. The van der Waals surface area contributed by atoms with Gasteiger partial charge in [-0.3, -0.25) is 4.79 Å². The molecule has 2 N–H and O–H groups in total. The van der Waals surface area contributed by atoms with Crippen LogP contribution in [0.2, 0.25) is 39.3 Å². The van der Waals surface area contributed by atoms with E-state index < -0.39 is 22.7 Å². The summed E-state index contributed by atoms with van der Waals surface area (Å²) in [6.07, 6.45) is 21.2. The van der Waals surface area contributed by atoms with Gasteiger partial charge in [-0.25, -0.2) is 0 Å². The number of carbonyl (C=O) groups is 1. The van der Waals surface area contributed by atoms with Crippen molar-refractivity contribution in [3.05, 3.63) is 24.3 Å². The summed E-state index contributed by atoms with van der Waals surface area (Å²) in [6.45, 7) is 15.0. The molecule has 0 aliphatic heterocycles. The van der Waals surface area contributed by atoms with E-state index >= 15 is 0 Å². The third-order valence-corrected chi connectivity index (χ3v) is 9.55. The van der Waals surface area contributed by atoms with Gasteiger partial charge in [0.2, 0.25) is 0 Å². The first-order valence-corrected chi connectivity index (χ1v) is 20.2. The van der Waals surface area contributed by atoms with Crippen LogP contribution in [0.25, 0.3) is 0 Å². The van der Waals surface area contributed by atoms with E-state index in [-0.39, 0.29) is 19.2 Å². The highest BCUT2D eigenvalue weighted by Gasteiger charge is 2.24. The van der Waals surface area contributed by atoms with Crippen molar-refractivity contribution >= 4 is 22.6 Å². The molecule has 0 bridgehead atoms. The molecular formula is C27H56O5Si2. The van der Waals surface area contributed by atoms with Gasteiger partial charge in [-0.05, 0) is 77.8 Å². The van der Waals surface area contributed by atoms with Crippen LogP contribution in [0, 0.1) is 0 Å². The molecule has 0 aromatic rings. The van der Waals surface area contributed by atoms with Crippen molar-refractivity contribution in [3.8, 4) is 0 Å². The molecule has 0 fully saturated rings. The molecule has 0 aliphatic rings. The molecule has 34 heavy (non-hydrogen) atoms. The van der Waals surface area contributed by atoms with Gasteiger partial charge in [0.15, 0.2) is 16.6 Å². The van der Waals surface area contributed by atoms with Crippen molar-refractivity contribution in [2.45, 2.75) is 129 Å². The Labute approximate surface area is 213 Å². The Kier molecular flexibility index (Phi) is 23.7. The van der Waals surface area contributed by atoms with Gasteiger partial charge in [0.1, 0.15) is 6.10 Å². The molecule has 0 unspecified atom stereocenters. The van der Waals surface area contributed by atoms with Gasteiger partial charge in [0, 0.05) is 6.42 Å². The molecule has 0 atom stereocenters. The van der Waals surface area contributed by atoms with E-state index in [1.165, 1.54) is 38.5 Å². The number of ether oxygens (including phenoxy) is 1. The second-order valence-electron chi connectivity index (χ2n) is 10.8. The van der Waals surface area contributed by atoms with Crippen LogP contribution in [-0.4, -0.2) is 52.1 Å². The zero-order valence-corrected chi connectivity index (χ0v) is 25.4. The van der Waals surface area contributed by atoms with Crippen LogP contribution >= 0.6 is 0 Å². The number of hydrogen-bond acceptors (Lipinski definition) is 5. The predicted molar refractivity (Wildman–Crippen MR) is 151 cm³/mol. The third kappa shape index (κ3) is 31.3. The number of carbonyl (C=O) groups excluding carboxylic acids is 1. The molecule has 0 aromatic carbocycles. The number of aliphatic hydroxyl groups is 2. The first-order chi connectivity index (χ1) is 15.9. The SMILES string of the molecule is CCCCC/C=C\C/C=C\CCCCCCCC(=O)OC(CO)CO.C[Si](C)(C)O[Si](C)(C)C. The second-order valence-corrected chi connectivity index (χ2v) is 20.1. The Morgan fingerprint density at radius 1 is 0.735 bits per heavy atom. The van der Waals surface area contributed by atoms with Crippen LogP contribution < -0.4 is 0 Å². The maximum absolute atomic E-state index is 11.4. The van der Waals surface area contributed by atoms with Gasteiger partial charge in [0.25, 0.3) is 0 Å². The zero-order chi connectivity index (χ0) is 26.3. The van der Waals surface area contributed by atoms with Gasteiger partial charge in [0.05, 0.1) is 13.2 Å². The first kappa shape index (κ1) is 35.4. The molecule has 202 valence electrons. The Bertz CT molecular complexity index is 506. The van der Waals surface area contributed by atoms with Crippen molar-refractivity contribution in [3.63, 3.8) is 0 Å². The van der Waals surface area contributed by atoms with Gasteiger partial charge in [-0.2, -0.15) is 0 Å². The van der Waals surface area contributed by atoms with Crippen molar-refractivity contribution in [1.82, 2.24) is 0 Å².